The fourth-order valence-corrected chi connectivity index (χ4v) is 2.06. The molecule has 1 unspecified atom stereocenters. The maximum absolute atomic E-state index is 12.2. The first-order valence-electron chi connectivity index (χ1n) is 7.35. The second-order valence-corrected chi connectivity index (χ2v) is 4.88. The highest BCUT2D eigenvalue weighted by atomic mass is 16.2. The van der Waals surface area contributed by atoms with E-state index in [1.165, 1.54) is 0 Å². The van der Waals surface area contributed by atoms with Crippen molar-refractivity contribution in [1.82, 2.24) is 10.2 Å². The van der Waals surface area contributed by atoms with Gasteiger partial charge in [-0.1, -0.05) is 20.8 Å². The fraction of sp³-hybridized carbons (Fsp3) is 0.929. The van der Waals surface area contributed by atoms with E-state index in [1.807, 2.05) is 6.92 Å². The SMILES string of the molecule is CCCN(CCCN)C(C)C(=O)NC(CC)CC. The Balaban J connectivity index is 4.35. The van der Waals surface area contributed by atoms with E-state index in [0.717, 1.165) is 38.8 Å². The monoisotopic (exact) mass is 257 g/mol. The van der Waals surface area contributed by atoms with Crippen LogP contribution in [-0.2, 0) is 4.79 Å². The van der Waals surface area contributed by atoms with Crippen molar-refractivity contribution < 1.29 is 4.79 Å². The van der Waals surface area contributed by atoms with Gasteiger partial charge in [0.1, 0.15) is 0 Å². The van der Waals surface area contributed by atoms with E-state index >= 15 is 0 Å². The number of hydrogen-bond donors (Lipinski definition) is 2. The molecule has 0 spiro atoms. The lowest BCUT2D eigenvalue weighted by molar-refractivity contribution is -0.126. The van der Waals surface area contributed by atoms with Crippen molar-refractivity contribution >= 4 is 5.91 Å². The van der Waals surface area contributed by atoms with Gasteiger partial charge >= 0.3 is 0 Å². The van der Waals surface area contributed by atoms with Crippen LogP contribution in [-0.4, -0.2) is 42.5 Å². The number of hydrogen-bond acceptors (Lipinski definition) is 3. The zero-order valence-electron chi connectivity index (χ0n) is 12.5. The molecule has 0 aliphatic carbocycles. The first-order chi connectivity index (χ1) is 8.60. The molecule has 0 aliphatic heterocycles. The molecule has 4 heteroatoms. The van der Waals surface area contributed by atoms with Crippen molar-refractivity contribution in [1.29, 1.82) is 0 Å². The molecule has 0 aromatic carbocycles. The van der Waals surface area contributed by atoms with Gasteiger partial charge in [0.2, 0.25) is 5.91 Å². The molecule has 0 aromatic heterocycles. The van der Waals surface area contributed by atoms with E-state index < -0.39 is 0 Å². The van der Waals surface area contributed by atoms with Gasteiger partial charge in [0, 0.05) is 12.6 Å². The number of carbonyl (C=O) groups excluding carboxylic acids is 1. The lowest BCUT2D eigenvalue weighted by Crippen LogP contribution is -2.48. The summed E-state index contributed by atoms with van der Waals surface area (Å²) in [5, 5.41) is 3.12. The quantitative estimate of drug-likeness (QED) is 0.627. The third-order valence-corrected chi connectivity index (χ3v) is 3.42. The highest BCUT2D eigenvalue weighted by Gasteiger charge is 2.21. The van der Waals surface area contributed by atoms with Gasteiger partial charge in [-0.15, -0.1) is 0 Å². The maximum Gasteiger partial charge on any atom is 0.237 e. The number of nitrogens with one attached hydrogen (secondary N) is 1. The molecule has 1 amide bonds. The Morgan fingerprint density at radius 1 is 1.22 bits per heavy atom. The molecule has 0 radical (unpaired) electrons. The molecule has 0 aromatic rings. The third-order valence-electron chi connectivity index (χ3n) is 3.42. The molecular weight excluding hydrogens is 226 g/mol. The van der Waals surface area contributed by atoms with Crippen molar-refractivity contribution in [2.75, 3.05) is 19.6 Å². The van der Waals surface area contributed by atoms with Gasteiger partial charge in [-0.3, -0.25) is 9.69 Å². The zero-order chi connectivity index (χ0) is 14.0. The highest BCUT2D eigenvalue weighted by molar-refractivity contribution is 5.81. The molecular formula is C14H31N3O. The molecule has 108 valence electrons. The van der Waals surface area contributed by atoms with Gasteiger partial charge in [0.05, 0.1) is 6.04 Å². The first-order valence-corrected chi connectivity index (χ1v) is 7.35. The lowest BCUT2D eigenvalue weighted by Gasteiger charge is -2.29. The van der Waals surface area contributed by atoms with Crippen molar-refractivity contribution in [2.24, 2.45) is 5.73 Å². The summed E-state index contributed by atoms with van der Waals surface area (Å²) in [4.78, 5) is 14.4. The summed E-state index contributed by atoms with van der Waals surface area (Å²) in [7, 11) is 0. The van der Waals surface area contributed by atoms with Crippen LogP contribution in [0.25, 0.3) is 0 Å². The number of nitrogens with zero attached hydrogens (tertiary/aromatic N) is 1. The van der Waals surface area contributed by atoms with E-state index in [9.17, 15) is 4.79 Å². The highest BCUT2D eigenvalue weighted by Crippen LogP contribution is 2.04. The predicted molar refractivity (Wildman–Crippen MR) is 77.5 cm³/mol. The van der Waals surface area contributed by atoms with Gasteiger partial charge in [0.15, 0.2) is 0 Å². The molecule has 0 heterocycles. The topological polar surface area (TPSA) is 58.4 Å². The van der Waals surface area contributed by atoms with Gasteiger partial charge < -0.3 is 11.1 Å². The average Bonchev–Trinajstić information content (AvgIpc) is 2.39. The van der Waals surface area contributed by atoms with Crippen LogP contribution in [0.2, 0.25) is 0 Å². The predicted octanol–water partition coefficient (Wildman–Crippen LogP) is 1.74. The standard InChI is InChI=1S/C14H31N3O/c1-5-10-17(11-8-9-15)12(4)14(18)16-13(6-2)7-3/h12-13H,5-11,15H2,1-4H3,(H,16,18). The van der Waals surface area contributed by atoms with Gasteiger partial charge in [0.25, 0.3) is 0 Å². The molecule has 0 bridgehead atoms. The Bertz CT molecular complexity index is 217. The van der Waals surface area contributed by atoms with Crippen molar-refractivity contribution in [3.63, 3.8) is 0 Å². The van der Waals surface area contributed by atoms with E-state index in [2.05, 4.69) is 31.0 Å². The summed E-state index contributed by atoms with van der Waals surface area (Å²) in [6, 6.07) is 0.245. The summed E-state index contributed by atoms with van der Waals surface area (Å²) < 4.78 is 0. The van der Waals surface area contributed by atoms with E-state index in [-0.39, 0.29) is 11.9 Å². The Hall–Kier alpha value is -0.610. The normalized spacial score (nSPS) is 13.1. The van der Waals surface area contributed by atoms with Gasteiger partial charge in [-0.25, -0.2) is 0 Å². The third kappa shape index (κ3) is 6.36. The molecule has 0 fully saturated rings. The minimum atomic E-state index is -0.0582. The van der Waals surface area contributed by atoms with Crippen molar-refractivity contribution in [3.8, 4) is 0 Å². The molecule has 0 saturated carbocycles. The number of rotatable bonds is 10. The lowest BCUT2D eigenvalue weighted by atomic mass is 10.1. The first kappa shape index (κ1) is 17.4. The largest absolute Gasteiger partial charge is 0.352 e. The summed E-state index contributed by atoms with van der Waals surface area (Å²) in [5.41, 5.74) is 5.55. The molecule has 1 atom stereocenters. The van der Waals surface area contributed by atoms with Crippen molar-refractivity contribution in [3.05, 3.63) is 0 Å². The van der Waals surface area contributed by atoms with Crippen LogP contribution in [0.4, 0.5) is 0 Å². The van der Waals surface area contributed by atoms with Crippen LogP contribution in [0.5, 0.6) is 0 Å². The Labute approximate surface area is 112 Å². The van der Waals surface area contributed by atoms with Crippen molar-refractivity contribution in [2.45, 2.75) is 65.5 Å². The Morgan fingerprint density at radius 2 is 1.83 bits per heavy atom. The summed E-state index contributed by atoms with van der Waals surface area (Å²) >= 11 is 0. The van der Waals surface area contributed by atoms with E-state index in [1.54, 1.807) is 0 Å². The molecule has 4 nitrogen and oxygen atoms in total. The van der Waals surface area contributed by atoms with Crippen LogP contribution < -0.4 is 11.1 Å². The molecule has 0 rings (SSSR count). The van der Waals surface area contributed by atoms with Crippen LogP contribution in [0, 0.1) is 0 Å². The minimum absolute atomic E-state index is 0.0582. The van der Waals surface area contributed by atoms with Crippen LogP contribution >= 0.6 is 0 Å². The maximum atomic E-state index is 12.2. The van der Waals surface area contributed by atoms with Crippen LogP contribution in [0.15, 0.2) is 0 Å². The molecule has 0 saturated heterocycles. The number of carbonyl (C=O) groups is 1. The zero-order valence-corrected chi connectivity index (χ0v) is 12.5. The smallest absolute Gasteiger partial charge is 0.237 e. The Morgan fingerprint density at radius 3 is 2.28 bits per heavy atom. The molecule has 18 heavy (non-hydrogen) atoms. The Kier molecular flexibility index (Phi) is 9.98. The second kappa shape index (κ2) is 10.3. The van der Waals surface area contributed by atoms with Crippen LogP contribution in [0.3, 0.4) is 0 Å². The van der Waals surface area contributed by atoms with E-state index in [0.29, 0.717) is 12.6 Å². The second-order valence-electron chi connectivity index (χ2n) is 4.88. The summed E-state index contributed by atoms with van der Waals surface area (Å²) in [6.45, 7) is 10.9. The molecule has 0 aliphatic rings. The number of nitrogens with two attached hydrogens (primary N) is 1. The van der Waals surface area contributed by atoms with Crippen LogP contribution in [0.1, 0.15) is 53.4 Å². The number of amides is 1. The summed E-state index contributed by atoms with van der Waals surface area (Å²) in [5.74, 6) is 0.147. The van der Waals surface area contributed by atoms with Gasteiger partial charge in [-0.05, 0) is 45.7 Å². The summed E-state index contributed by atoms with van der Waals surface area (Å²) in [6.07, 6.45) is 3.99. The average molecular weight is 257 g/mol. The van der Waals surface area contributed by atoms with Gasteiger partial charge in [-0.2, -0.15) is 0 Å². The molecule has 3 N–H and O–H groups in total. The minimum Gasteiger partial charge on any atom is -0.352 e. The van der Waals surface area contributed by atoms with E-state index in [4.69, 9.17) is 5.73 Å². The fourth-order valence-electron chi connectivity index (χ4n) is 2.06.